The van der Waals surface area contributed by atoms with E-state index in [1.165, 1.54) is 6.07 Å². The third-order valence-electron chi connectivity index (χ3n) is 3.28. The number of carbonyl (C=O) groups is 2. The van der Waals surface area contributed by atoms with Crippen molar-refractivity contribution in [3.05, 3.63) is 29.6 Å². The molecule has 0 spiro atoms. The van der Waals surface area contributed by atoms with Crippen LogP contribution in [0.1, 0.15) is 44.0 Å². The molecular weight excluding hydrogens is 275 g/mol. The van der Waals surface area contributed by atoms with Gasteiger partial charge in [0.1, 0.15) is 5.82 Å². The van der Waals surface area contributed by atoms with Crippen LogP contribution >= 0.6 is 0 Å². The molecule has 0 aromatic heterocycles. The minimum Gasteiger partial charge on any atom is -0.478 e. The largest absolute Gasteiger partial charge is 0.478 e. The Labute approximate surface area is 123 Å². The van der Waals surface area contributed by atoms with Gasteiger partial charge in [-0.2, -0.15) is 0 Å². The van der Waals surface area contributed by atoms with E-state index in [0.717, 1.165) is 25.0 Å². The number of urea groups is 1. The number of aromatic carboxylic acids is 1. The summed E-state index contributed by atoms with van der Waals surface area (Å²) in [6.45, 7) is 6.09. The monoisotopic (exact) mass is 296 g/mol. The Hall–Kier alpha value is -2.11. The first kappa shape index (κ1) is 16.9. The smallest absolute Gasteiger partial charge is 0.338 e. The molecule has 116 valence electrons. The van der Waals surface area contributed by atoms with Gasteiger partial charge in [-0.1, -0.05) is 20.3 Å². The van der Waals surface area contributed by atoms with Gasteiger partial charge < -0.3 is 15.7 Å². The second kappa shape index (κ2) is 7.61. The zero-order valence-corrected chi connectivity index (χ0v) is 12.4. The molecule has 2 unspecified atom stereocenters. The molecule has 0 aliphatic carbocycles. The summed E-state index contributed by atoms with van der Waals surface area (Å²) in [6.07, 6.45) is 1.89. The van der Waals surface area contributed by atoms with Gasteiger partial charge in [0, 0.05) is 11.7 Å². The second-order valence-electron chi connectivity index (χ2n) is 5.25. The van der Waals surface area contributed by atoms with Gasteiger partial charge in [-0.25, -0.2) is 14.0 Å². The van der Waals surface area contributed by atoms with Crippen LogP contribution in [0.5, 0.6) is 0 Å². The number of anilines is 1. The van der Waals surface area contributed by atoms with Gasteiger partial charge in [-0.3, -0.25) is 0 Å². The number of halogens is 1. The van der Waals surface area contributed by atoms with E-state index in [9.17, 15) is 14.0 Å². The maximum absolute atomic E-state index is 13.2. The van der Waals surface area contributed by atoms with Crippen molar-refractivity contribution in [1.82, 2.24) is 5.32 Å². The Morgan fingerprint density at radius 1 is 1.33 bits per heavy atom. The summed E-state index contributed by atoms with van der Waals surface area (Å²) in [7, 11) is 0. The van der Waals surface area contributed by atoms with Crippen molar-refractivity contribution >= 4 is 17.7 Å². The number of carboxylic acids is 1. The molecule has 0 fully saturated rings. The number of carboxylic acid groups (broad SMARTS) is 1. The third-order valence-corrected chi connectivity index (χ3v) is 3.28. The minimum absolute atomic E-state index is 0.000609. The van der Waals surface area contributed by atoms with Crippen LogP contribution in [0.15, 0.2) is 18.2 Å². The topological polar surface area (TPSA) is 78.4 Å². The molecule has 1 aromatic rings. The molecule has 3 N–H and O–H groups in total. The minimum atomic E-state index is -1.37. The molecule has 5 nitrogen and oxygen atoms in total. The number of amides is 2. The lowest BCUT2D eigenvalue weighted by Gasteiger charge is -2.18. The summed E-state index contributed by atoms with van der Waals surface area (Å²) < 4.78 is 13.2. The number of rotatable bonds is 6. The van der Waals surface area contributed by atoms with Crippen molar-refractivity contribution in [2.24, 2.45) is 5.92 Å². The lowest BCUT2D eigenvalue weighted by Crippen LogP contribution is -2.37. The number of nitrogens with one attached hydrogen (secondary N) is 2. The van der Waals surface area contributed by atoms with Crippen molar-refractivity contribution in [3.63, 3.8) is 0 Å². The van der Waals surface area contributed by atoms with E-state index in [1.807, 2.05) is 6.92 Å². The number of hydrogen-bond acceptors (Lipinski definition) is 2. The number of carbonyl (C=O) groups excluding carboxylic acids is 1. The Morgan fingerprint density at radius 2 is 2.00 bits per heavy atom. The fourth-order valence-corrected chi connectivity index (χ4v) is 1.99. The van der Waals surface area contributed by atoms with Gasteiger partial charge >= 0.3 is 12.0 Å². The molecule has 1 rings (SSSR count). The Balaban J connectivity index is 2.63. The normalized spacial score (nSPS) is 13.3. The lowest BCUT2D eigenvalue weighted by atomic mass is 10.0. The third kappa shape index (κ3) is 5.41. The maximum atomic E-state index is 13.2. The molecule has 2 amide bonds. The standard InChI is InChI=1S/C15H21FN2O3/c1-4-9(2)7-10(3)17-15(21)18-11-5-6-13(16)12(8-11)14(19)20/h5-6,8-10H,4,7H2,1-3H3,(H,19,20)(H2,17,18,21). The van der Waals surface area contributed by atoms with Gasteiger partial charge in [0.15, 0.2) is 0 Å². The summed E-state index contributed by atoms with van der Waals surface area (Å²) in [4.78, 5) is 22.6. The molecular formula is C15H21FN2O3. The highest BCUT2D eigenvalue weighted by Crippen LogP contribution is 2.15. The Morgan fingerprint density at radius 3 is 2.57 bits per heavy atom. The van der Waals surface area contributed by atoms with Crippen LogP contribution < -0.4 is 10.6 Å². The highest BCUT2D eigenvalue weighted by atomic mass is 19.1. The highest BCUT2D eigenvalue weighted by molar-refractivity contribution is 5.93. The average molecular weight is 296 g/mol. The molecule has 0 bridgehead atoms. The average Bonchev–Trinajstić information content (AvgIpc) is 2.40. The lowest BCUT2D eigenvalue weighted by molar-refractivity contribution is 0.0692. The molecule has 0 saturated carbocycles. The van der Waals surface area contributed by atoms with Crippen molar-refractivity contribution < 1.29 is 19.1 Å². The van der Waals surface area contributed by atoms with E-state index in [2.05, 4.69) is 24.5 Å². The molecule has 2 atom stereocenters. The maximum Gasteiger partial charge on any atom is 0.338 e. The Bertz CT molecular complexity index is 520. The van der Waals surface area contributed by atoms with Gasteiger partial charge in [0.05, 0.1) is 5.56 Å². The van der Waals surface area contributed by atoms with Crippen molar-refractivity contribution in [2.45, 2.75) is 39.7 Å². The zero-order chi connectivity index (χ0) is 16.0. The second-order valence-corrected chi connectivity index (χ2v) is 5.25. The van der Waals surface area contributed by atoms with Gasteiger partial charge in [-0.05, 0) is 37.5 Å². The first-order valence-electron chi connectivity index (χ1n) is 6.93. The predicted octanol–water partition coefficient (Wildman–Crippen LogP) is 3.47. The van der Waals surface area contributed by atoms with Crippen molar-refractivity contribution in [2.75, 3.05) is 5.32 Å². The van der Waals surface area contributed by atoms with Gasteiger partial charge in [0.2, 0.25) is 0 Å². The molecule has 0 radical (unpaired) electrons. The molecule has 21 heavy (non-hydrogen) atoms. The molecule has 1 aromatic carbocycles. The zero-order valence-electron chi connectivity index (χ0n) is 12.4. The molecule has 0 saturated heterocycles. The van der Waals surface area contributed by atoms with Crippen LogP contribution in [0, 0.1) is 11.7 Å². The summed E-state index contributed by atoms with van der Waals surface area (Å²) in [5.74, 6) is -1.70. The first-order chi connectivity index (χ1) is 9.83. The fraction of sp³-hybridized carbons (Fsp3) is 0.467. The molecule has 0 heterocycles. The summed E-state index contributed by atoms with van der Waals surface area (Å²) >= 11 is 0. The number of hydrogen-bond donors (Lipinski definition) is 3. The summed E-state index contributed by atoms with van der Waals surface area (Å²) in [6, 6.07) is 2.99. The van der Waals surface area contributed by atoms with Crippen LogP contribution in [0.4, 0.5) is 14.9 Å². The van der Waals surface area contributed by atoms with E-state index in [0.29, 0.717) is 5.92 Å². The quantitative estimate of drug-likeness (QED) is 0.752. The van der Waals surface area contributed by atoms with Crippen LogP contribution in [-0.4, -0.2) is 23.1 Å². The molecule has 0 aliphatic heterocycles. The highest BCUT2D eigenvalue weighted by Gasteiger charge is 2.13. The molecule has 0 aliphatic rings. The predicted molar refractivity (Wildman–Crippen MR) is 79.0 cm³/mol. The fourth-order valence-electron chi connectivity index (χ4n) is 1.99. The van der Waals surface area contributed by atoms with E-state index < -0.39 is 23.4 Å². The van der Waals surface area contributed by atoms with Crippen LogP contribution in [0.2, 0.25) is 0 Å². The van der Waals surface area contributed by atoms with E-state index in [4.69, 9.17) is 5.11 Å². The number of benzene rings is 1. The van der Waals surface area contributed by atoms with E-state index in [1.54, 1.807) is 0 Å². The summed E-state index contributed by atoms with van der Waals surface area (Å²) in [5, 5.41) is 14.1. The molecule has 6 heteroatoms. The van der Waals surface area contributed by atoms with Crippen LogP contribution in [0.25, 0.3) is 0 Å². The van der Waals surface area contributed by atoms with E-state index >= 15 is 0 Å². The van der Waals surface area contributed by atoms with Crippen LogP contribution in [-0.2, 0) is 0 Å². The SMILES string of the molecule is CCC(C)CC(C)NC(=O)Nc1ccc(F)c(C(=O)O)c1. The van der Waals surface area contributed by atoms with Crippen molar-refractivity contribution in [3.8, 4) is 0 Å². The van der Waals surface area contributed by atoms with Crippen molar-refractivity contribution in [1.29, 1.82) is 0 Å². The Kier molecular flexibility index (Phi) is 6.14. The summed E-state index contributed by atoms with van der Waals surface area (Å²) in [5.41, 5.74) is -0.234. The van der Waals surface area contributed by atoms with Gasteiger partial charge in [0.25, 0.3) is 0 Å². The van der Waals surface area contributed by atoms with Gasteiger partial charge in [-0.15, -0.1) is 0 Å². The first-order valence-corrected chi connectivity index (χ1v) is 6.93. The van der Waals surface area contributed by atoms with Crippen LogP contribution in [0.3, 0.4) is 0 Å². The van der Waals surface area contributed by atoms with E-state index in [-0.39, 0.29) is 11.7 Å².